The van der Waals surface area contributed by atoms with E-state index < -0.39 is 0 Å². The minimum absolute atomic E-state index is 1.01. The molecule has 3 aromatic rings. The molecule has 0 unspecified atom stereocenters. The SMILES string of the molecule is [Ti][C]1=C(c2ccccc2)C(c2ccccc2)=C(c2ccccc2)C1. The maximum atomic E-state index is 2.27. The van der Waals surface area contributed by atoms with Gasteiger partial charge in [-0.1, -0.05) is 0 Å². The average Bonchev–Trinajstić information content (AvgIpc) is 3.01. The van der Waals surface area contributed by atoms with E-state index in [1.165, 1.54) is 37.3 Å². The topological polar surface area (TPSA) is 0 Å². The van der Waals surface area contributed by atoms with Crippen molar-refractivity contribution in [2.24, 2.45) is 0 Å². The summed E-state index contributed by atoms with van der Waals surface area (Å²) < 4.78 is 1.44. The van der Waals surface area contributed by atoms with Crippen molar-refractivity contribution in [3.63, 3.8) is 0 Å². The zero-order chi connectivity index (χ0) is 16.4. The molecule has 0 amide bonds. The number of hydrogen-bond donors (Lipinski definition) is 0. The van der Waals surface area contributed by atoms with Gasteiger partial charge in [-0.3, -0.25) is 0 Å². The normalized spacial score (nSPS) is 14.3. The molecular formula is C23H17Ti. The van der Waals surface area contributed by atoms with Crippen LogP contribution in [0.3, 0.4) is 0 Å². The Morgan fingerprint density at radius 3 is 1.42 bits per heavy atom. The first kappa shape index (κ1) is 15.4. The van der Waals surface area contributed by atoms with Crippen LogP contribution in [0, 0.1) is 0 Å². The van der Waals surface area contributed by atoms with E-state index in [1.54, 1.807) is 0 Å². The molecule has 1 aliphatic rings. The van der Waals surface area contributed by atoms with Gasteiger partial charge in [0.15, 0.2) is 0 Å². The van der Waals surface area contributed by atoms with Crippen LogP contribution in [0.1, 0.15) is 23.1 Å². The molecule has 4 rings (SSSR count). The number of hydrogen-bond acceptors (Lipinski definition) is 0. The zero-order valence-electron chi connectivity index (χ0n) is 13.4. The molecule has 0 radical (unpaired) electrons. The van der Waals surface area contributed by atoms with Crippen molar-refractivity contribution >= 4 is 16.7 Å². The minimum atomic E-state index is 1.01. The number of benzene rings is 3. The summed E-state index contributed by atoms with van der Waals surface area (Å²) >= 11 is 2.27. The Bertz CT molecular complexity index is 904. The van der Waals surface area contributed by atoms with Crippen molar-refractivity contribution in [1.29, 1.82) is 0 Å². The van der Waals surface area contributed by atoms with Gasteiger partial charge in [0.1, 0.15) is 0 Å². The van der Waals surface area contributed by atoms with E-state index in [0.717, 1.165) is 6.42 Å². The van der Waals surface area contributed by atoms with Gasteiger partial charge in [-0.15, -0.1) is 0 Å². The molecule has 0 nitrogen and oxygen atoms in total. The van der Waals surface area contributed by atoms with E-state index in [2.05, 4.69) is 111 Å². The van der Waals surface area contributed by atoms with E-state index in [0.29, 0.717) is 0 Å². The third kappa shape index (κ3) is 2.84. The van der Waals surface area contributed by atoms with Crippen LogP contribution in [0.25, 0.3) is 16.7 Å². The molecule has 113 valence electrons. The predicted molar refractivity (Wildman–Crippen MR) is 97.7 cm³/mol. The van der Waals surface area contributed by atoms with Gasteiger partial charge >= 0.3 is 155 Å². The summed E-state index contributed by atoms with van der Waals surface area (Å²) in [7, 11) is 0. The van der Waals surface area contributed by atoms with Gasteiger partial charge in [0.05, 0.1) is 0 Å². The fourth-order valence-corrected chi connectivity index (χ4v) is 4.08. The zero-order valence-corrected chi connectivity index (χ0v) is 14.9. The van der Waals surface area contributed by atoms with Crippen molar-refractivity contribution in [2.45, 2.75) is 6.42 Å². The first-order chi connectivity index (χ1) is 11.8. The molecule has 0 spiro atoms. The quantitative estimate of drug-likeness (QED) is 0.516. The second-order valence-electron chi connectivity index (χ2n) is 5.98. The molecule has 0 heterocycles. The summed E-state index contributed by atoms with van der Waals surface area (Å²) in [5.74, 6) is 0. The summed E-state index contributed by atoms with van der Waals surface area (Å²) in [4.78, 5) is 0. The molecule has 0 bridgehead atoms. The third-order valence-electron chi connectivity index (χ3n) is 4.45. The summed E-state index contributed by atoms with van der Waals surface area (Å²) in [6.07, 6.45) is 1.01. The molecule has 0 aliphatic heterocycles. The molecule has 0 atom stereocenters. The Kier molecular flexibility index (Phi) is 4.34. The van der Waals surface area contributed by atoms with Crippen LogP contribution in [-0.4, -0.2) is 0 Å². The molecule has 0 aromatic heterocycles. The standard InChI is InChI=1S/C23H17.Ti/c1-4-10-18(11-5-1)21-16-17-22(19-12-6-2-7-13-19)23(21)20-14-8-3-9-15-20;/h1-15H,16H2;. The van der Waals surface area contributed by atoms with Crippen LogP contribution in [-0.2, 0) is 20.4 Å². The van der Waals surface area contributed by atoms with Crippen LogP contribution >= 0.6 is 0 Å². The van der Waals surface area contributed by atoms with Crippen LogP contribution < -0.4 is 0 Å². The Morgan fingerprint density at radius 2 is 0.917 bits per heavy atom. The molecule has 0 saturated carbocycles. The van der Waals surface area contributed by atoms with Crippen LogP contribution in [0.15, 0.2) is 94.9 Å². The number of allylic oxidation sites excluding steroid dienone is 4. The maximum absolute atomic E-state index is 2.27. The van der Waals surface area contributed by atoms with Crippen LogP contribution in [0.4, 0.5) is 0 Å². The fourth-order valence-electron chi connectivity index (χ4n) is 3.39. The predicted octanol–water partition coefficient (Wildman–Crippen LogP) is 5.96. The van der Waals surface area contributed by atoms with Crippen molar-refractivity contribution in [1.82, 2.24) is 0 Å². The van der Waals surface area contributed by atoms with Crippen molar-refractivity contribution in [3.8, 4) is 0 Å². The van der Waals surface area contributed by atoms with Crippen LogP contribution in [0.2, 0.25) is 0 Å². The summed E-state index contributed by atoms with van der Waals surface area (Å²) in [6.45, 7) is 0. The Labute approximate surface area is 155 Å². The van der Waals surface area contributed by atoms with Gasteiger partial charge in [0.2, 0.25) is 0 Å². The van der Waals surface area contributed by atoms with Gasteiger partial charge in [-0.25, -0.2) is 0 Å². The molecule has 1 aliphatic carbocycles. The molecule has 1 heteroatoms. The first-order valence-electron chi connectivity index (χ1n) is 8.19. The molecule has 0 fully saturated rings. The molecule has 3 aromatic carbocycles. The van der Waals surface area contributed by atoms with Gasteiger partial charge in [0, 0.05) is 0 Å². The fraction of sp³-hybridized carbons (Fsp3) is 0.0435. The van der Waals surface area contributed by atoms with Gasteiger partial charge in [-0.2, -0.15) is 0 Å². The van der Waals surface area contributed by atoms with Gasteiger partial charge < -0.3 is 0 Å². The monoisotopic (exact) mass is 341 g/mol. The van der Waals surface area contributed by atoms with Crippen molar-refractivity contribution in [3.05, 3.63) is 112 Å². The van der Waals surface area contributed by atoms with E-state index in [9.17, 15) is 0 Å². The summed E-state index contributed by atoms with van der Waals surface area (Å²) in [6, 6.07) is 32.3. The number of rotatable bonds is 3. The molecular weight excluding hydrogens is 324 g/mol. The molecule has 0 N–H and O–H groups in total. The summed E-state index contributed by atoms with van der Waals surface area (Å²) in [5.41, 5.74) is 8.12. The average molecular weight is 341 g/mol. The Balaban J connectivity index is 1.96. The Hall–Kier alpha value is -2.15. The van der Waals surface area contributed by atoms with Crippen molar-refractivity contribution < 1.29 is 20.4 Å². The second kappa shape index (κ2) is 6.77. The Morgan fingerprint density at radius 1 is 0.500 bits per heavy atom. The first-order valence-corrected chi connectivity index (χ1v) is 8.97. The van der Waals surface area contributed by atoms with E-state index in [-0.39, 0.29) is 0 Å². The summed E-state index contributed by atoms with van der Waals surface area (Å²) in [5, 5.41) is 0. The molecule has 24 heavy (non-hydrogen) atoms. The molecule has 0 saturated heterocycles. The second-order valence-corrected chi connectivity index (χ2v) is 6.92. The van der Waals surface area contributed by atoms with E-state index in [4.69, 9.17) is 0 Å². The third-order valence-corrected chi connectivity index (χ3v) is 5.12. The van der Waals surface area contributed by atoms with Crippen LogP contribution in [0.5, 0.6) is 0 Å². The van der Waals surface area contributed by atoms with E-state index in [1.807, 2.05) is 0 Å². The van der Waals surface area contributed by atoms with Crippen molar-refractivity contribution in [2.75, 3.05) is 0 Å². The van der Waals surface area contributed by atoms with Gasteiger partial charge in [-0.05, 0) is 0 Å². The van der Waals surface area contributed by atoms with E-state index >= 15 is 0 Å². The van der Waals surface area contributed by atoms with Gasteiger partial charge in [0.25, 0.3) is 0 Å².